The molecule has 0 unspecified atom stereocenters. The maximum absolute atomic E-state index is 12.9. The molecule has 0 spiro atoms. The Labute approximate surface area is 152 Å². The highest BCUT2D eigenvalue weighted by atomic mass is 32.2. The Bertz CT molecular complexity index is 715. The number of rotatable bonds is 4. The summed E-state index contributed by atoms with van der Waals surface area (Å²) in [5, 5.41) is 2.91. The molecule has 6 heteroatoms. The summed E-state index contributed by atoms with van der Waals surface area (Å²) in [5.74, 6) is -0.267. The van der Waals surface area contributed by atoms with Gasteiger partial charge in [-0.05, 0) is 36.1 Å². The predicted molar refractivity (Wildman–Crippen MR) is 101 cm³/mol. The van der Waals surface area contributed by atoms with Gasteiger partial charge in [-0.2, -0.15) is 0 Å². The van der Waals surface area contributed by atoms with E-state index in [0.29, 0.717) is 19.6 Å². The minimum Gasteiger partial charge on any atom is -0.367 e. The highest BCUT2D eigenvalue weighted by molar-refractivity contribution is 7.98. The normalized spacial score (nSPS) is 14.5. The summed E-state index contributed by atoms with van der Waals surface area (Å²) in [6.45, 7) is 3.44. The fourth-order valence-corrected chi connectivity index (χ4v) is 3.55. The van der Waals surface area contributed by atoms with Crippen LogP contribution in [0.3, 0.4) is 0 Å². The van der Waals surface area contributed by atoms with Crippen LogP contribution in [0.25, 0.3) is 0 Å². The van der Waals surface area contributed by atoms with E-state index in [4.69, 9.17) is 0 Å². The lowest BCUT2D eigenvalue weighted by atomic mass is 10.2. The fraction of sp³-hybridized carbons (Fsp3) is 0.316. The number of carbonyl (C=O) groups excluding carboxylic acids is 1. The van der Waals surface area contributed by atoms with Gasteiger partial charge in [0.05, 0.1) is 5.69 Å². The first-order chi connectivity index (χ1) is 12.2. The van der Waals surface area contributed by atoms with Gasteiger partial charge in [0.15, 0.2) is 0 Å². The SMILES string of the molecule is CSc1ccccc1N1CCN(C(=O)NCc2ccc(F)cc2)CC1. The van der Waals surface area contributed by atoms with Crippen LogP contribution in [0.1, 0.15) is 5.56 Å². The molecule has 1 heterocycles. The van der Waals surface area contributed by atoms with Gasteiger partial charge in [-0.25, -0.2) is 9.18 Å². The van der Waals surface area contributed by atoms with Crippen molar-refractivity contribution in [3.05, 3.63) is 59.9 Å². The molecule has 2 aromatic rings. The van der Waals surface area contributed by atoms with Crippen molar-refractivity contribution in [2.75, 3.05) is 37.3 Å². The summed E-state index contributed by atoms with van der Waals surface area (Å²) in [6, 6.07) is 14.5. The number of para-hydroxylation sites is 1. The average molecular weight is 359 g/mol. The molecule has 0 aliphatic carbocycles. The van der Waals surface area contributed by atoms with Gasteiger partial charge in [-0.3, -0.25) is 0 Å². The Kier molecular flexibility index (Phi) is 5.81. The second-order valence-electron chi connectivity index (χ2n) is 5.93. The van der Waals surface area contributed by atoms with Crippen LogP contribution in [0.2, 0.25) is 0 Å². The number of urea groups is 1. The first-order valence-corrected chi connectivity index (χ1v) is 9.55. The quantitative estimate of drug-likeness (QED) is 0.848. The number of thioether (sulfide) groups is 1. The van der Waals surface area contributed by atoms with E-state index < -0.39 is 0 Å². The minimum absolute atomic E-state index is 0.0675. The number of hydrogen-bond acceptors (Lipinski definition) is 3. The Hall–Kier alpha value is -2.21. The van der Waals surface area contributed by atoms with Crippen molar-refractivity contribution < 1.29 is 9.18 Å². The van der Waals surface area contributed by atoms with Gasteiger partial charge in [-0.1, -0.05) is 24.3 Å². The average Bonchev–Trinajstić information content (AvgIpc) is 2.67. The van der Waals surface area contributed by atoms with Crippen LogP contribution >= 0.6 is 11.8 Å². The lowest BCUT2D eigenvalue weighted by Crippen LogP contribution is -2.51. The Morgan fingerprint density at radius 3 is 2.44 bits per heavy atom. The number of anilines is 1. The number of nitrogens with zero attached hydrogens (tertiary/aromatic N) is 2. The summed E-state index contributed by atoms with van der Waals surface area (Å²) in [4.78, 5) is 17.7. The zero-order chi connectivity index (χ0) is 17.6. The fourth-order valence-electron chi connectivity index (χ4n) is 2.93. The van der Waals surface area contributed by atoms with Gasteiger partial charge in [0.25, 0.3) is 0 Å². The van der Waals surface area contributed by atoms with Crippen molar-refractivity contribution in [2.24, 2.45) is 0 Å². The predicted octanol–water partition coefficient (Wildman–Crippen LogP) is 3.58. The second kappa shape index (κ2) is 8.25. The summed E-state index contributed by atoms with van der Waals surface area (Å²) in [6.07, 6.45) is 2.08. The lowest BCUT2D eigenvalue weighted by Gasteiger charge is -2.36. The highest BCUT2D eigenvalue weighted by Gasteiger charge is 2.22. The summed E-state index contributed by atoms with van der Waals surface area (Å²) in [7, 11) is 0. The van der Waals surface area contributed by atoms with Crippen molar-refractivity contribution in [3.8, 4) is 0 Å². The molecule has 1 fully saturated rings. The molecule has 4 nitrogen and oxygen atoms in total. The number of amides is 2. The molecule has 3 rings (SSSR count). The Morgan fingerprint density at radius 2 is 1.76 bits per heavy atom. The number of benzene rings is 2. The first-order valence-electron chi connectivity index (χ1n) is 8.32. The van der Waals surface area contributed by atoms with Gasteiger partial charge in [0.2, 0.25) is 0 Å². The molecule has 2 amide bonds. The number of carbonyl (C=O) groups is 1. The number of halogens is 1. The molecule has 0 radical (unpaired) electrons. The van der Waals surface area contributed by atoms with Crippen molar-refractivity contribution in [1.29, 1.82) is 0 Å². The second-order valence-corrected chi connectivity index (χ2v) is 6.78. The van der Waals surface area contributed by atoms with E-state index in [1.54, 1.807) is 23.9 Å². The van der Waals surface area contributed by atoms with Crippen LogP contribution in [0.4, 0.5) is 14.9 Å². The molecule has 1 N–H and O–H groups in total. The minimum atomic E-state index is -0.267. The zero-order valence-corrected chi connectivity index (χ0v) is 15.1. The van der Waals surface area contributed by atoms with Crippen molar-refractivity contribution in [3.63, 3.8) is 0 Å². The smallest absolute Gasteiger partial charge is 0.317 e. The van der Waals surface area contributed by atoms with Crippen LogP contribution in [0.15, 0.2) is 53.4 Å². The van der Waals surface area contributed by atoms with E-state index in [0.717, 1.165) is 18.7 Å². The molecule has 0 atom stereocenters. The summed E-state index contributed by atoms with van der Waals surface area (Å²) in [5.41, 5.74) is 2.13. The number of piperazine rings is 1. The van der Waals surface area contributed by atoms with E-state index in [9.17, 15) is 9.18 Å². The van der Waals surface area contributed by atoms with E-state index in [2.05, 4.69) is 40.7 Å². The molecule has 1 aliphatic heterocycles. The molecule has 2 aromatic carbocycles. The summed E-state index contributed by atoms with van der Waals surface area (Å²) >= 11 is 1.74. The van der Waals surface area contributed by atoms with Crippen LogP contribution in [0, 0.1) is 5.82 Å². The van der Waals surface area contributed by atoms with Crippen LogP contribution in [-0.2, 0) is 6.54 Å². The van der Waals surface area contributed by atoms with Gasteiger partial charge < -0.3 is 15.1 Å². The summed E-state index contributed by atoms with van der Waals surface area (Å²) < 4.78 is 12.9. The molecular formula is C19H22FN3OS. The third-order valence-corrected chi connectivity index (χ3v) is 5.13. The molecule has 132 valence electrons. The molecule has 0 aromatic heterocycles. The Morgan fingerprint density at radius 1 is 1.08 bits per heavy atom. The van der Waals surface area contributed by atoms with E-state index in [1.165, 1.54) is 22.7 Å². The molecular weight excluding hydrogens is 337 g/mol. The van der Waals surface area contributed by atoms with E-state index in [1.807, 2.05) is 4.90 Å². The molecule has 0 saturated carbocycles. The molecule has 25 heavy (non-hydrogen) atoms. The van der Waals surface area contributed by atoms with Gasteiger partial charge >= 0.3 is 6.03 Å². The van der Waals surface area contributed by atoms with E-state index in [-0.39, 0.29) is 11.8 Å². The largest absolute Gasteiger partial charge is 0.367 e. The van der Waals surface area contributed by atoms with Crippen LogP contribution in [-0.4, -0.2) is 43.4 Å². The highest BCUT2D eigenvalue weighted by Crippen LogP contribution is 2.28. The Balaban J connectivity index is 1.51. The van der Waals surface area contributed by atoms with Crippen LogP contribution in [0.5, 0.6) is 0 Å². The number of hydrogen-bond donors (Lipinski definition) is 1. The zero-order valence-electron chi connectivity index (χ0n) is 14.2. The van der Waals surface area contributed by atoms with Crippen molar-refractivity contribution >= 4 is 23.5 Å². The van der Waals surface area contributed by atoms with Crippen LogP contribution < -0.4 is 10.2 Å². The lowest BCUT2D eigenvalue weighted by molar-refractivity contribution is 0.194. The van der Waals surface area contributed by atoms with E-state index >= 15 is 0 Å². The molecule has 1 aliphatic rings. The topological polar surface area (TPSA) is 35.6 Å². The van der Waals surface area contributed by atoms with Gasteiger partial charge in [0.1, 0.15) is 5.82 Å². The van der Waals surface area contributed by atoms with Crippen molar-refractivity contribution in [2.45, 2.75) is 11.4 Å². The third-order valence-electron chi connectivity index (χ3n) is 4.35. The maximum Gasteiger partial charge on any atom is 0.317 e. The third kappa shape index (κ3) is 4.45. The molecule has 0 bridgehead atoms. The van der Waals surface area contributed by atoms with Gasteiger partial charge in [-0.15, -0.1) is 11.8 Å². The monoisotopic (exact) mass is 359 g/mol. The standard InChI is InChI=1S/C19H22FN3OS/c1-25-18-5-3-2-4-17(18)22-10-12-23(13-11-22)19(24)21-14-15-6-8-16(20)9-7-15/h2-9H,10-14H2,1H3,(H,21,24). The molecule has 1 saturated heterocycles. The number of nitrogens with one attached hydrogen (secondary N) is 1. The van der Waals surface area contributed by atoms with Crippen molar-refractivity contribution in [1.82, 2.24) is 10.2 Å². The maximum atomic E-state index is 12.9. The van der Waals surface area contributed by atoms with Gasteiger partial charge in [0, 0.05) is 37.6 Å². The first kappa shape index (κ1) is 17.6.